The minimum atomic E-state index is -4.76. The minimum Gasteiger partial charge on any atom is -0.406 e. The molecule has 0 saturated heterocycles. The Morgan fingerprint density at radius 2 is 1.91 bits per heavy atom. The van der Waals surface area contributed by atoms with Gasteiger partial charge in [-0.15, -0.1) is 24.5 Å². The molecule has 0 saturated carbocycles. The maximum atomic E-state index is 12.0. The van der Waals surface area contributed by atoms with Crippen LogP contribution in [0.25, 0.3) is 0 Å². The molecule has 1 heterocycles. The van der Waals surface area contributed by atoms with E-state index in [1.54, 1.807) is 0 Å². The molecular formula is C14H11F3N2O2S. The zero-order chi connectivity index (χ0) is 16.2. The molecule has 0 atom stereocenters. The fourth-order valence-corrected chi connectivity index (χ4v) is 2.30. The van der Waals surface area contributed by atoms with Crippen LogP contribution in [0, 0.1) is 6.92 Å². The van der Waals surface area contributed by atoms with Crippen LogP contribution < -0.4 is 10.2 Å². The fourth-order valence-electron chi connectivity index (χ4n) is 1.55. The molecule has 0 radical (unpaired) electrons. The summed E-state index contributed by atoms with van der Waals surface area (Å²) in [5.41, 5.74) is 2.47. The monoisotopic (exact) mass is 328 g/mol. The summed E-state index contributed by atoms with van der Waals surface area (Å²) in [7, 11) is 0. The van der Waals surface area contributed by atoms with Crippen molar-refractivity contribution in [2.24, 2.45) is 5.10 Å². The van der Waals surface area contributed by atoms with Gasteiger partial charge in [-0.2, -0.15) is 5.10 Å². The van der Waals surface area contributed by atoms with Crippen molar-refractivity contribution >= 4 is 23.5 Å². The molecule has 0 bridgehead atoms. The van der Waals surface area contributed by atoms with Crippen LogP contribution in [0.4, 0.5) is 13.2 Å². The summed E-state index contributed by atoms with van der Waals surface area (Å²) in [6.07, 6.45) is -3.26. The first-order chi connectivity index (χ1) is 10.3. The van der Waals surface area contributed by atoms with Gasteiger partial charge < -0.3 is 4.74 Å². The number of amides is 1. The van der Waals surface area contributed by atoms with Crippen molar-refractivity contribution in [2.45, 2.75) is 13.3 Å². The third-order valence-electron chi connectivity index (χ3n) is 2.47. The molecule has 1 aromatic carbocycles. The third-order valence-corrected chi connectivity index (χ3v) is 3.40. The summed E-state index contributed by atoms with van der Waals surface area (Å²) >= 11 is 1.52. The first-order valence-electron chi connectivity index (χ1n) is 6.09. The molecule has 1 aromatic heterocycles. The maximum Gasteiger partial charge on any atom is 0.573 e. The smallest absolute Gasteiger partial charge is 0.406 e. The van der Waals surface area contributed by atoms with Gasteiger partial charge in [-0.05, 0) is 43.3 Å². The average molecular weight is 328 g/mol. The lowest BCUT2D eigenvalue weighted by Gasteiger charge is -2.08. The third kappa shape index (κ3) is 4.88. The highest BCUT2D eigenvalue weighted by Gasteiger charge is 2.31. The van der Waals surface area contributed by atoms with Gasteiger partial charge in [0.25, 0.3) is 5.91 Å². The van der Waals surface area contributed by atoms with Crippen LogP contribution in [0.3, 0.4) is 0 Å². The molecule has 0 aliphatic carbocycles. The van der Waals surface area contributed by atoms with Gasteiger partial charge in [0.15, 0.2) is 0 Å². The highest BCUT2D eigenvalue weighted by molar-refractivity contribution is 7.13. The second-order valence-electron chi connectivity index (χ2n) is 4.22. The van der Waals surface area contributed by atoms with Gasteiger partial charge in [-0.1, -0.05) is 0 Å². The number of nitrogens with one attached hydrogen (secondary N) is 1. The molecule has 0 fully saturated rings. The van der Waals surface area contributed by atoms with Crippen LogP contribution in [0.5, 0.6) is 5.75 Å². The molecule has 0 aliphatic heterocycles. The van der Waals surface area contributed by atoms with Crippen LogP contribution in [-0.4, -0.2) is 18.5 Å². The van der Waals surface area contributed by atoms with Gasteiger partial charge in [0.1, 0.15) is 5.75 Å². The van der Waals surface area contributed by atoms with Crippen molar-refractivity contribution in [3.05, 3.63) is 51.7 Å². The van der Waals surface area contributed by atoms with Crippen molar-refractivity contribution in [3.63, 3.8) is 0 Å². The molecule has 116 valence electrons. The number of ether oxygens (including phenoxy) is 1. The summed E-state index contributed by atoms with van der Waals surface area (Å²) in [5.74, 6) is -0.912. The van der Waals surface area contributed by atoms with E-state index in [9.17, 15) is 18.0 Å². The van der Waals surface area contributed by atoms with E-state index >= 15 is 0 Å². The summed E-state index contributed by atoms with van der Waals surface area (Å²) in [6, 6.07) is 8.36. The normalized spacial score (nSPS) is 11.6. The number of thiophene rings is 1. The number of hydrazone groups is 1. The van der Waals surface area contributed by atoms with E-state index in [1.807, 2.05) is 19.1 Å². The van der Waals surface area contributed by atoms with Crippen LogP contribution in [-0.2, 0) is 0 Å². The van der Waals surface area contributed by atoms with E-state index in [2.05, 4.69) is 15.3 Å². The summed E-state index contributed by atoms with van der Waals surface area (Å²) < 4.78 is 39.7. The van der Waals surface area contributed by atoms with Crippen molar-refractivity contribution in [3.8, 4) is 5.75 Å². The lowest BCUT2D eigenvalue weighted by Crippen LogP contribution is -2.18. The van der Waals surface area contributed by atoms with E-state index in [1.165, 1.54) is 29.7 Å². The second-order valence-corrected chi connectivity index (χ2v) is 5.54. The SMILES string of the molecule is Cc1ccc(/C=N/NC(=O)c2ccc(OC(F)(F)F)cc2)s1. The van der Waals surface area contributed by atoms with Gasteiger partial charge in [0.05, 0.1) is 6.21 Å². The molecule has 2 aromatic rings. The lowest BCUT2D eigenvalue weighted by atomic mass is 10.2. The van der Waals surface area contributed by atoms with Crippen LogP contribution in [0.1, 0.15) is 20.1 Å². The van der Waals surface area contributed by atoms with Crippen molar-refractivity contribution < 1.29 is 22.7 Å². The quantitative estimate of drug-likeness (QED) is 0.687. The standard InChI is InChI=1S/C14H11F3N2O2S/c1-9-2-7-12(22-9)8-18-19-13(20)10-3-5-11(6-4-10)21-14(15,16)17/h2-8H,1H3,(H,19,20)/b18-8+. The number of aryl methyl sites for hydroxylation is 1. The number of alkyl halides is 3. The number of carbonyl (C=O) groups is 1. The molecule has 2 rings (SSSR count). The van der Waals surface area contributed by atoms with Crippen LogP contribution >= 0.6 is 11.3 Å². The van der Waals surface area contributed by atoms with E-state index in [0.717, 1.165) is 21.9 Å². The number of hydrogen-bond donors (Lipinski definition) is 1. The van der Waals surface area contributed by atoms with E-state index in [4.69, 9.17) is 0 Å². The molecule has 22 heavy (non-hydrogen) atoms. The van der Waals surface area contributed by atoms with E-state index < -0.39 is 12.3 Å². The van der Waals surface area contributed by atoms with Gasteiger partial charge in [0, 0.05) is 15.3 Å². The predicted molar refractivity (Wildman–Crippen MR) is 77.2 cm³/mol. The van der Waals surface area contributed by atoms with Crippen LogP contribution in [0.15, 0.2) is 41.5 Å². The first kappa shape index (κ1) is 16.0. The number of carbonyl (C=O) groups excluding carboxylic acids is 1. The average Bonchev–Trinajstić information content (AvgIpc) is 2.83. The Labute approximate surface area is 128 Å². The molecule has 1 N–H and O–H groups in total. The number of rotatable bonds is 4. The van der Waals surface area contributed by atoms with Crippen LogP contribution in [0.2, 0.25) is 0 Å². The predicted octanol–water partition coefficient (Wildman–Crippen LogP) is 3.72. The number of hydrogen-bond acceptors (Lipinski definition) is 4. The molecule has 0 spiro atoms. The molecule has 0 unspecified atom stereocenters. The Morgan fingerprint density at radius 1 is 1.23 bits per heavy atom. The summed E-state index contributed by atoms with van der Waals surface area (Å²) in [6.45, 7) is 1.95. The van der Waals surface area contributed by atoms with Gasteiger partial charge >= 0.3 is 6.36 Å². The van der Waals surface area contributed by atoms with E-state index in [-0.39, 0.29) is 11.3 Å². The van der Waals surface area contributed by atoms with Crippen molar-refractivity contribution in [1.82, 2.24) is 5.43 Å². The number of nitrogens with zero attached hydrogens (tertiary/aromatic N) is 1. The Bertz CT molecular complexity index is 678. The van der Waals surface area contributed by atoms with Gasteiger partial charge in [0.2, 0.25) is 0 Å². The van der Waals surface area contributed by atoms with E-state index in [0.29, 0.717) is 0 Å². The Morgan fingerprint density at radius 3 is 2.45 bits per heavy atom. The fraction of sp³-hybridized carbons (Fsp3) is 0.143. The zero-order valence-electron chi connectivity index (χ0n) is 11.3. The Hall–Kier alpha value is -2.35. The molecule has 8 heteroatoms. The summed E-state index contributed by atoms with van der Waals surface area (Å²) in [4.78, 5) is 13.8. The van der Waals surface area contributed by atoms with Crippen molar-refractivity contribution in [1.29, 1.82) is 0 Å². The highest BCUT2D eigenvalue weighted by Crippen LogP contribution is 2.22. The highest BCUT2D eigenvalue weighted by atomic mass is 32.1. The zero-order valence-corrected chi connectivity index (χ0v) is 12.2. The minimum absolute atomic E-state index is 0.175. The molecular weight excluding hydrogens is 317 g/mol. The van der Waals surface area contributed by atoms with Crippen molar-refractivity contribution in [2.75, 3.05) is 0 Å². The Kier molecular flexibility index (Phi) is 4.81. The number of benzene rings is 1. The molecule has 4 nitrogen and oxygen atoms in total. The summed E-state index contributed by atoms with van der Waals surface area (Å²) in [5, 5.41) is 3.79. The van der Waals surface area contributed by atoms with Gasteiger partial charge in [-0.25, -0.2) is 5.43 Å². The Balaban J connectivity index is 1.94. The topological polar surface area (TPSA) is 50.7 Å². The lowest BCUT2D eigenvalue weighted by molar-refractivity contribution is -0.274. The second kappa shape index (κ2) is 6.61. The van der Waals surface area contributed by atoms with Gasteiger partial charge in [-0.3, -0.25) is 4.79 Å². The first-order valence-corrected chi connectivity index (χ1v) is 6.91. The largest absolute Gasteiger partial charge is 0.573 e. The number of halogens is 3. The maximum absolute atomic E-state index is 12.0. The molecule has 0 aliphatic rings. The molecule has 1 amide bonds.